The van der Waals surface area contributed by atoms with Crippen molar-refractivity contribution in [2.24, 2.45) is 0 Å². The molecular weight excluding hydrogens is 180 g/mol. The SMILES string of the molecule is CCN(CC(=O)NC)C(C)CC(C)=O. The Bertz CT molecular complexity index is 204. The molecule has 0 aliphatic heterocycles. The van der Waals surface area contributed by atoms with E-state index in [2.05, 4.69) is 5.32 Å². The van der Waals surface area contributed by atoms with Crippen LogP contribution < -0.4 is 5.32 Å². The van der Waals surface area contributed by atoms with E-state index in [1.165, 1.54) is 0 Å². The molecule has 0 rings (SSSR count). The lowest BCUT2D eigenvalue weighted by molar-refractivity contribution is -0.123. The summed E-state index contributed by atoms with van der Waals surface area (Å²) in [7, 11) is 1.62. The van der Waals surface area contributed by atoms with E-state index in [9.17, 15) is 9.59 Å². The van der Waals surface area contributed by atoms with Crippen LogP contribution in [0.25, 0.3) is 0 Å². The summed E-state index contributed by atoms with van der Waals surface area (Å²) >= 11 is 0. The van der Waals surface area contributed by atoms with Gasteiger partial charge in [0.25, 0.3) is 0 Å². The maximum absolute atomic E-state index is 11.1. The molecule has 4 heteroatoms. The van der Waals surface area contributed by atoms with Gasteiger partial charge in [-0.05, 0) is 20.4 Å². The van der Waals surface area contributed by atoms with Gasteiger partial charge in [0, 0.05) is 19.5 Å². The van der Waals surface area contributed by atoms with Crippen LogP contribution in [0.5, 0.6) is 0 Å². The van der Waals surface area contributed by atoms with E-state index >= 15 is 0 Å². The van der Waals surface area contributed by atoms with E-state index in [1.807, 2.05) is 18.7 Å². The molecule has 0 aromatic carbocycles. The molecule has 0 aromatic heterocycles. The zero-order chi connectivity index (χ0) is 11.1. The third kappa shape index (κ3) is 4.97. The highest BCUT2D eigenvalue weighted by Gasteiger charge is 2.15. The number of hydrogen-bond acceptors (Lipinski definition) is 3. The van der Waals surface area contributed by atoms with E-state index in [-0.39, 0.29) is 17.7 Å². The van der Waals surface area contributed by atoms with Crippen molar-refractivity contribution in [1.82, 2.24) is 10.2 Å². The highest BCUT2D eigenvalue weighted by Crippen LogP contribution is 2.03. The molecule has 1 N–H and O–H groups in total. The third-order valence-electron chi connectivity index (χ3n) is 2.24. The normalized spacial score (nSPS) is 12.6. The Kier molecular flexibility index (Phi) is 6.12. The minimum atomic E-state index is -0.0118. The van der Waals surface area contributed by atoms with Crippen LogP contribution in [-0.2, 0) is 9.59 Å². The van der Waals surface area contributed by atoms with Crippen LogP contribution in [0.1, 0.15) is 27.2 Å². The van der Waals surface area contributed by atoms with Gasteiger partial charge in [0.05, 0.1) is 6.54 Å². The Labute approximate surface area is 85.7 Å². The second-order valence-electron chi connectivity index (χ2n) is 3.49. The summed E-state index contributed by atoms with van der Waals surface area (Å²) in [5.41, 5.74) is 0. The molecule has 1 atom stereocenters. The third-order valence-corrected chi connectivity index (χ3v) is 2.24. The van der Waals surface area contributed by atoms with Crippen LogP contribution in [0.2, 0.25) is 0 Å². The highest BCUT2D eigenvalue weighted by molar-refractivity contribution is 5.78. The molecule has 0 radical (unpaired) electrons. The summed E-state index contributed by atoms with van der Waals surface area (Å²) in [5.74, 6) is 0.148. The van der Waals surface area contributed by atoms with Crippen LogP contribution in [0, 0.1) is 0 Å². The topological polar surface area (TPSA) is 49.4 Å². The standard InChI is InChI=1S/C10H20N2O2/c1-5-12(7-10(14)11-4)8(2)6-9(3)13/h8H,5-7H2,1-4H3,(H,11,14). The van der Waals surface area contributed by atoms with Crippen molar-refractivity contribution in [3.05, 3.63) is 0 Å². The predicted molar refractivity (Wildman–Crippen MR) is 56.1 cm³/mol. The van der Waals surface area contributed by atoms with Crippen molar-refractivity contribution in [2.75, 3.05) is 20.1 Å². The largest absolute Gasteiger partial charge is 0.358 e. The number of rotatable bonds is 6. The van der Waals surface area contributed by atoms with Crippen LogP contribution >= 0.6 is 0 Å². The second kappa shape index (κ2) is 6.54. The fourth-order valence-corrected chi connectivity index (χ4v) is 1.39. The Morgan fingerprint density at radius 2 is 2.00 bits per heavy atom. The molecule has 0 bridgehead atoms. The number of hydrogen-bond donors (Lipinski definition) is 1. The van der Waals surface area contributed by atoms with Crippen LogP contribution in [0.3, 0.4) is 0 Å². The smallest absolute Gasteiger partial charge is 0.233 e. The van der Waals surface area contributed by atoms with Gasteiger partial charge in [-0.15, -0.1) is 0 Å². The van der Waals surface area contributed by atoms with Crippen LogP contribution in [0.4, 0.5) is 0 Å². The summed E-state index contributed by atoms with van der Waals surface area (Å²) in [6.45, 7) is 6.67. The first-order valence-electron chi connectivity index (χ1n) is 4.95. The van der Waals surface area contributed by atoms with Crippen molar-refractivity contribution >= 4 is 11.7 Å². The van der Waals surface area contributed by atoms with Gasteiger partial charge in [0.1, 0.15) is 5.78 Å². The van der Waals surface area contributed by atoms with Crippen molar-refractivity contribution in [3.63, 3.8) is 0 Å². The van der Waals surface area contributed by atoms with Crippen LogP contribution in [-0.4, -0.2) is 42.8 Å². The van der Waals surface area contributed by atoms with E-state index in [0.29, 0.717) is 13.0 Å². The molecule has 0 heterocycles. The summed E-state index contributed by atoms with van der Waals surface area (Å²) in [5, 5.41) is 2.57. The minimum Gasteiger partial charge on any atom is -0.358 e. The average molecular weight is 200 g/mol. The van der Waals surface area contributed by atoms with E-state index in [4.69, 9.17) is 0 Å². The lowest BCUT2D eigenvalue weighted by atomic mass is 10.1. The van der Waals surface area contributed by atoms with Gasteiger partial charge in [0.2, 0.25) is 5.91 Å². The molecule has 82 valence electrons. The lowest BCUT2D eigenvalue weighted by Crippen LogP contribution is -2.41. The number of nitrogens with zero attached hydrogens (tertiary/aromatic N) is 1. The monoisotopic (exact) mass is 200 g/mol. The highest BCUT2D eigenvalue weighted by atomic mass is 16.2. The first kappa shape index (κ1) is 13.1. The van der Waals surface area contributed by atoms with Gasteiger partial charge in [-0.25, -0.2) is 0 Å². The summed E-state index contributed by atoms with van der Waals surface area (Å²) in [6, 6.07) is 0.134. The predicted octanol–water partition coefficient (Wildman–Crippen LogP) is 0.422. The Balaban J connectivity index is 4.11. The maximum atomic E-state index is 11.1. The molecule has 0 spiro atoms. The first-order valence-corrected chi connectivity index (χ1v) is 4.95. The Morgan fingerprint density at radius 1 is 1.43 bits per heavy atom. The van der Waals surface area contributed by atoms with Gasteiger partial charge in [-0.2, -0.15) is 0 Å². The average Bonchev–Trinajstić information content (AvgIpc) is 2.12. The number of likely N-dealkylation sites (N-methyl/N-ethyl adjacent to an activating group) is 2. The number of nitrogens with one attached hydrogen (secondary N) is 1. The fraction of sp³-hybridized carbons (Fsp3) is 0.800. The Hall–Kier alpha value is -0.900. The Morgan fingerprint density at radius 3 is 2.36 bits per heavy atom. The molecule has 1 amide bonds. The first-order chi connectivity index (χ1) is 6.51. The number of Topliss-reactive ketones (excluding diaryl/α,β-unsaturated/α-hetero) is 1. The lowest BCUT2D eigenvalue weighted by Gasteiger charge is -2.26. The molecule has 14 heavy (non-hydrogen) atoms. The summed E-state index contributed by atoms with van der Waals surface area (Å²) in [6.07, 6.45) is 0.505. The van der Waals surface area contributed by atoms with Gasteiger partial charge < -0.3 is 5.32 Å². The molecule has 0 saturated heterocycles. The zero-order valence-corrected chi connectivity index (χ0v) is 9.46. The van der Waals surface area contributed by atoms with E-state index in [0.717, 1.165) is 6.54 Å². The van der Waals surface area contributed by atoms with E-state index in [1.54, 1.807) is 14.0 Å². The number of carbonyl (C=O) groups is 2. The van der Waals surface area contributed by atoms with Gasteiger partial charge in [-0.1, -0.05) is 6.92 Å². The number of ketones is 1. The summed E-state index contributed by atoms with van der Waals surface area (Å²) < 4.78 is 0. The molecular formula is C10H20N2O2. The van der Waals surface area contributed by atoms with Gasteiger partial charge in [0.15, 0.2) is 0 Å². The van der Waals surface area contributed by atoms with Gasteiger partial charge >= 0.3 is 0 Å². The maximum Gasteiger partial charge on any atom is 0.233 e. The molecule has 4 nitrogen and oxygen atoms in total. The molecule has 1 unspecified atom stereocenters. The van der Waals surface area contributed by atoms with Gasteiger partial charge in [-0.3, -0.25) is 14.5 Å². The van der Waals surface area contributed by atoms with E-state index < -0.39 is 0 Å². The van der Waals surface area contributed by atoms with Crippen LogP contribution in [0.15, 0.2) is 0 Å². The molecule has 0 fully saturated rings. The zero-order valence-electron chi connectivity index (χ0n) is 9.46. The van der Waals surface area contributed by atoms with Crippen molar-refractivity contribution < 1.29 is 9.59 Å². The van der Waals surface area contributed by atoms with Crippen molar-refractivity contribution in [3.8, 4) is 0 Å². The van der Waals surface area contributed by atoms with Crippen molar-refractivity contribution in [1.29, 1.82) is 0 Å². The molecule has 0 aliphatic rings. The van der Waals surface area contributed by atoms with Crippen molar-refractivity contribution in [2.45, 2.75) is 33.2 Å². The summed E-state index contributed by atoms with van der Waals surface area (Å²) in [4.78, 5) is 24.0. The fourth-order valence-electron chi connectivity index (χ4n) is 1.39. The number of carbonyl (C=O) groups excluding carboxylic acids is 2. The minimum absolute atomic E-state index is 0.0118. The second-order valence-corrected chi connectivity index (χ2v) is 3.49. The quantitative estimate of drug-likeness (QED) is 0.676. The molecule has 0 aromatic rings. The molecule has 0 saturated carbocycles. The number of amides is 1. The molecule has 0 aliphatic carbocycles.